The second-order valence-electron chi connectivity index (χ2n) is 5.68. The number of hydrogen-bond acceptors (Lipinski definition) is 6. The van der Waals surface area contributed by atoms with Gasteiger partial charge in [0, 0.05) is 6.54 Å². The fraction of sp³-hybridized carbons (Fsp3) is 0.278. The van der Waals surface area contributed by atoms with Gasteiger partial charge in [-0.3, -0.25) is 9.59 Å². The lowest BCUT2D eigenvalue weighted by Crippen LogP contribution is -2.44. The van der Waals surface area contributed by atoms with Gasteiger partial charge in [-0.15, -0.1) is 0 Å². The van der Waals surface area contributed by atoms with Crippen LogP contribution in [0.25, 0.3) is 0 Å². The van der Waals surface area contributed by atoms with E-state index in [1.54, 1.807) is 30.3 Å². The van der Waals surface area contributed by atoms with E-state index in [0.717, 1.165) is 0 Å². The predicted molar refractivity (Wildman–Crippen MR) is 88.9 cm³/mol. The molecular formula is C18H18N2O6. The molecule has 136 valence electrons. The highest BCUT2D eigenvalue weighted by molar-refractivity contribution is 5.95. The van der Waals surface area contributed by atoms with Gasteiger partial charge in [0.1, 0.15) is 11.8 Å². The zero-order valence-corrected chi connectivity index (χ0v) is 13.9. The fourth-order valence-corrected chi connectivity index (χ4v) is 2.67. The van der Waals surface area contributed by atoms with Gasteiger partial charge >= 0.3 is 5.97 Å². The van der Waals surface area contributed by atoms with E-state index in [0.29, 0.717) is 25.1 Å². The third kappa shape index (κ3) is 4.21. The lowest BCUT2D eigenvalue weighted by atomic mass is 10.2. The molecule has 1 aliphatic rings. The Labute approximate surface area is 149 Å². The molecule has 0 radical (unpaired) electrons. The van der Waals surface area contributed by atoms with E-state index in [4.69, 9.17) is 14.0 Å². The summed E-state index contributed by atoms with van der Waals surface area (Å²) in [5, 5.41) is 0. The summed E-state index contributed by atoms with van der Waals surface area (Å²) in [5.74, 6) is -1.00. The van der Waals surface area contributed by atoms with E-state index in [1.165, 1.54) is 17.2 Å². The third-order valence-electron chi connectivity index (χ3n) is 3.90. The molecule has 1 saturated heterocycles. The number of nitrogens with zero attached hydrogens (tertiary/aromatic N) is 1. The van der Waals surface area contributed by atoms with Gasteiger partial charge in [0.15, 0.2) is 12.4 Å². The molecule has 26 heavy (non-hydrogen) atoms. The van der Waals surface area contributed by atoms with Gasteiger partial charge in [-0.05, 0) is 37.1 Å². The van der Waals surface area contributed by atoms with Crippen molar-refractivity contribution in [3.05, 3.63) is 54.5 Å². The summed E-state index contributed by atoms with van der Waals surface area (Å²) in [7, 11) is 0. The first-order valence-corrected chi connectivity index (χ1v) is 8.17. The Morgan fingerprint density at radius 3 is 2.69 bits per heavy atom. The lowest BCUT2D eigenvalue weighted by Gasteiger charge is -2.21. The number of rotatable bonds is 5. The largest absolute Gasteiger partial charge is 0.484 e. The van der Waals surface area contributed by atoms with Crippen LogP contribution in [0.3, 0.4) is 0 Å². The highest BCUT2D eigenvalue weighted by Gasteiger charge is 2.37. The van der Waals surface area contributed by atoms with E-state index >= 15 is 0 Å². The Balaban J connectivity index is 1.48. The number of para-hydroxylation sites is 1. The first-order valence-electron chi connectivity index (χ1n) is 8.17. The number of likely N-dealkylation sites (tertiary alicyclic amines) is 1. The van der Waals surface area contributed by atoms with Gasteiger partial charge in [0.05, 0.1) is 6.26 Å². The topological polar surface area (TPSA) is 98.1 Å². The third-order valence-corrected chi connectivity index (χ3v) is 3.90. The summed E-state index contributed by atoms with van der Waals surface area (Å²) in [5.41, 5.74) is 2.05. The number of benzene rings is 1. The molecule has 1 atom stereocenters. The number of ether oxygens (including phenoxy) is 1. The van der Waals surface area contributed by atoms with Gasteiger partial charge in [-0.25, -0.2) is 4.79 Å². The molecule has 2 amide bonds. The highest BCUT2D eigenvalue weighted by atomic mass is 16.7. The number of furan rings is 1. The molecule has 0 aliphatic carbocycles. The summed E-state index contributed by atoms with van der Waals surface area (Å²) >= 11 is 0. The quantitative estimate of drug-likeness (QED) is 0.814. The summed E-state index contributed by atoms with van der Waals surface area (Å²) in [4.78, 5) is 42.5. The minimum Gasteiger partial charge on any atom is -0.484 e. The number of hydrogen-bond donors (Lipinski definition) is 1. The van der Waals surface area contributed by atoms with Crippen molar-refractivity contribution in [1.82, 2.24) is 10.4 Å². The molecule has 1 unspecified atom stereocenters. The highest BCUT2D eigenvalue weighted by Crippen LogP contribution is 2.21. The second kappa shape index (κ2) is 8.19. The SMILES string of the molecule is O=C(COc1ccccc1)NOC(=O)C1CCCN1C(=O)c1ccco1. The molecule has 1 aromatic heterocycles. The van der Waals surface area contributed by atoms with Crippen LogP contribution in [0.2, 0.25) is 0 Å². The number of amides is 2. The molecule has 1 aromatic carbocycles. The zero-order valence-electron chi connectivity index (χ0n) is 13.9. The number of carbonyl (C=O) groups is 3. The van der Waals surface area contributed by atoms with Crippen LogP contribution in [0.4, 0.5) is 0 Å². The van der Waals surface area contributed by atoms with Crippen molar-refractivity contribution in [2.75, 3.05) is 13.2 Å². The Morgan fingerprint density at radius 2 is 1.96 bits per heavy atom. The van der Waals surface area contributed by atoms with Crippen molar-refractivity contribution in [3.63, 3.8) is 0 Å². The molecule has 1 aliphatic heterocycles. The summed E-state index contributed by atoms with van der Waals surface area (Å²) < 4.78 is 10.3. The van der Waals surface area contributed by atoms with Crippen LogP contribution >= 0.6 is 0 Å². The van der Waals surface area contributed by atoms with Gasteiger partial charge < -0.3 is 18.9 Å². The molecule has 0 spiro atoms. The Bertz CT molecular complexity index is 759. The van der Waals surface area contributed by atoms with Crippen molar-refractivity contribution in [2.45, 2.75) is 18.9 Å². The number of nitrogens with one attached hydrogen (secondary N) is 1. The van der Waals surface area contributed by atoms with Crippen LogP contribution in [0.15, 0.2) is 53.1 Å². The van der Waals surface area contributed by atoms with Crippen molar-refractivity contribution in [1.29, 1.82) is 0 Å². The van der Waals surface area contributed by atoms with E-state index in [9.17, 15) is 14.4 Å². The molecule has 2 heterocycles. The molecule has 3 rings (SSSR count). The minimum absolute atomic E-state index is 0.157. The molecule has 0 bridgehead atoms. The Kier molecular flexibility index (Phi) is 5.52. The van der Waals surface area contributed by atoms with Gasteiger partial charge in [0.2, 0.25) is 0 Å². The summed E-state index contributed by atoms with van der Waals surface area (Å²) in [6, 6.07) is 11.2. The lowest BCUT2D eigenvalue weighted by molar-refractivity contribution is -0.162. The van der Waals surface area contributed by atoms with Crippen LogP contribution in [-0.4, -0.2) is 41.9 Å². The van der Waals surface area contributed by atoms with Crippen molar-refractivity contribution in [3.8, 4) is 5.75 Å². The van der Waals surface area contributed by atoms with Gasteiger partial charge in [-0.1, -0.05) is 18.2 Å². The average Bonchev–Trinajstić information content (AvgIpc) is 3.36. The van der Waals surface area contributed by atoms with Crippen molar-refractivity contribution < 1.29 is 28.4 Å². The van der Waals surface area contributed by atoms with Crippen LogP contribution in [-0.2, 0) is 14.4 Å². The van der Waals surface area contributed by atoms with Crippen molar-refractivity contribution >= 4 is 17.8 Å². The first-order chi connectivity index (χ1) is 12.6. The maximum absolute atomic E-state index is 12.3. The van der Waals surface area contributed by atoms with E-state index in [1.807, 2.05) is 11.5 Å². The van der Waals surface area contributed by atoms with Crippen LogP contribution in [0.1, 0.15) is 23.4 Å². The average molecular weight is 358 g/mol. The maximum atomic E-state index is 12.3. The van der Waals surface area contributed by atoms with Crippen LogP contribution in [0, 0.1) is 0 Å². The Morgan fingerprint density at radius 1 is 1.15 bits per heavy atom. The molecule has 2 aromatic rings. The van der Waals surface area contributed by atoms with E-state index < -0.39 is 17.9 Å². The monoisotopic (exact) mass is 358 g/mol. The first kappa shape index (κ1) is 17.5. The number of hydroxylamine groups is 1. The van der Waals surface area contributed by atoms with E-state index in [2.05, 4.69) is 0 Å². The summed E-state index contributed by atoms with van der Waals surface area (Å²) in [6.45, 7) is 0.126. The Hall–Kier alpha value is -3.29. The maximum Gasteiger partial charge on any atom is 0.354 e. The summed E-state index contributed by atoms with van der Waals surface area (Å²) in [6.07, 6.45) is 2.52. The van der Waals surface area contributed by atoms with Gasteiger partial charge in [0.25, 0.3) is 11.8 Å². The molecule has 1 N–H and O–H groups in total. The van der Waals surface area contributed by atoms with Crippen molar-refractivity contribution in [2.24, 2.45) is 0 Å². The zero-order chi connectivity index (χ0) is 18.4. The number of carbonyl (C=O) groups excluding carboxylic acids is 3. The fourth-order valence-electron chi connectivity index (χ4n) is 2.67. The van der Waals surface area contributed by atoms with Gasteiger partial charge in [-0.2, -0.15) is 5.48 Å². The smallest absolute Gasteiger partial charge is 0.354 e. The molecular weight excluding hydrogens is 340 g/mol. The predicted octanol–water partition coefficient (Wildman–Crippen LogP) is 1.54. The van der Waals surface area contributed by atoms with E-state index in [-0.39, 0.29) is 18.3 Å². The molecule has 0 saturated carbocycles. The second-order valence-corrected chi connectivity index (χ2v) is 5.68. The normalized spacial score (nSPS) is 16.2. The van der Waals surface area contributed by atoms with Crippen LogP contribution < -0.4 is 10.2 Å². The van der Waals surface area contributed by atoms with Crippen LogP contribution in [0.5, 0.6) is 5.75 Å². The molecule has 1 fully saturated rings. The minimum atomic E-state index is -0.761. The molecule has 8 heteroatoms. The standard InChI is InChI=1S/C18H18N2O6/c21-16(12-25-13-6-2-1-3-7-13)19-26-18(23)14-8-4-10-20(14)17(22)15-9-5-11-24-15/h1-3,5-7,9,11,14H,4,8,10,12H2,(H,19,21). The molecule has 8 nitrogen and oxygen atoms in total.